The summed E-state index contributed by atoms with van der Waals surface area (Å²) in [4.78, 5) is 20.4. The fourth-order valence-electron chi connectivity index (χ4n) is 1.76. The molecule has 106 valence electrons. The molecule has 0 amide bonds. The maximum atomic E-state index is 11.8. The maximum Gasteiger partial charge on any atom is 0.267 e. The second-order valence-corrected chi connectivity index (χ2v) is 4.21. The zero-order valence-corrected chi connectivity index (χ0v) is 11.8. The monoisotopic (exact) mass is 275 g/mol. The molecule has 0 aliphatic heterocycles. The van der Waals surface area contributed by atoms with E-state index in [4.69, 9.17) is 4.74 Å². The van der Waals surface area contributed by atoms with E-state index in [0.717, 1.165) is 18.1 Å². The third kappa shape index (κ3) is 3.31. The van der Waals surface area contributed by atoms with Crippen molar-refractivity contribution in [3.05, 3.63) is 40.1 Å². The van der Waals surface area contributed by atoms with E-state index in [1.807, 2.05) is 19.9 Å². The number of aromatic nitrogens is 4. The van der Waals surface area contributed by atoms with E-state index in [0.29, 0.717) is 11.7 Å². The number of nitrogens with one attached hydrogen (secondary N) is 1. The van der Waals surface area contributed by atoms with Crippen molar-refractivity contribution in [3.63, 3.8) is 0 Å². The SMILES string of the molecule is CCNc1cc(C)nc(Cn2nc(OC)ccc2=O)n1. The number of hydrogen-bond acceptors (Lipinski definition) is 6. The summed E-state index contributed by atoms with van der Waals surface area (Å²) in [7, 11) is 1.50. The third-order valence-electron chi connectivity index (χ3n) is 2.60. The number of ether oxygens (including phenoxy) is 1. The van der Waals surface area contributed by atoms with Gasteiger partial charge in [0.25, 0.3) is 5.56 Å². The Morgan fingerprint density at radius 2 is 2.15 bits per heavy atom. The average molecular weight is 275 g/mol. The summed E-state index contributed by atoms with van der Waals surface area (Å²) in [6, 6.07) is 4.79. The lowest BCUT2D eigenvalue weighted by Gasteiger charge is -2.08. The normalized spacial score (nSPS) is 10.3. The highest BCUT2D eigenvalue weighted by molar-refractivity contribution is 5.35. The van der Waals surface area contributed by atoms with Crippen molar-refractivity contribution in [1.29, 1.82) is 0 Å². The summed E-state index contributed by atoms with van der Waals surface area (Å²) in [6.07, 6.45) is 0. The quantitative estimate of drug-likeness (QED) is 0.870. The van der Waals surface area contributed by atoms with Gasteiger partial charge in [0.2, 0.25) is 5.88 Å². The minimum atomic E-state index is -0.221. The van der Waals surface area contributed by atoms with Gasteiger partial charge in [-0.1, -0.05) is 0 Å². The van der Waals surface area contributed by atoms with Gasteiger partial charge < -0.3 is 10.1 Å². The van der Waals surface area contributed by atoms with Gasteiger partial charge in [0.1, 0.15) is 12.4 Å². The van der Waals surface area contributed by atoms with Crippen LogP contribution in [0.15, 0.2) is 23.0 Å². The van der Waals surface area contributed by atoms with Crippen LogP contribution in [0.4, 0.5) is 5.82 Å². The van der Waals surface area contributed by atoms with Gasteiger partial charge in [0.15, 0.2) is 5.82 Å². The van der Waals surface area contributed by atoms with Gasteiger partial charge in [-0.3, -0.25) is 4.79 Å². The molecule has 0 aliphatic carbocycles. The Kier molecular flexibility index (Phi) is 4.29. The van der Waals surface area contributed by atoms with Gasteiger partial charge in [0, 0.05) is 30.4 Å². The molecule has 0 radical (unpaired) electrons. The molecule has 2 heterocycles. The first-order valence-corrected chi connectivity index (χ1v) is 6.33. The van der Waals surface area contributed by atoms with Gasteiger partial charge in [-0.05, 0) is 13.8 Å². The largest absolute Gasteiger partial charge is 0.480 e. The lowest BCUT2D eigenvalue weighted by Crippen LogP contribution is -2.24. The standard InChI is InChI=1S/C13H17N5O2/c1-4-14-10-7-9(2)15-11(16-10)8-18-13(19)6-5-12(17-18)20-3/h5-7H,4,8H2,1-3H3,(H,14,15,16). The molecule has 20 heavy (non-hydrogen) atoms. The van der Waals surface area contributed by atoms with Crippen LogP contribution in [0.5, 0.6) is 5.88 Å². The summed E-state index contributed by atoms with van der Waals surface area (Å²) in [5.41, 5.74) is 0.614. The molecule has 0 aromatic carbocycles. The first-order valence-electron chi connectivity index (χ1n) is 6.33. The van der Waals surface area contributed by atoms with Crippen LogP contribution in [0.25, 0.3) is 0 Å². The Balaban J connectivity index is 2.32. The lowest BCUT2D eigenvalue weighted by molar-refractivity contribution is 0.378. The van der Waals surface area contributed by atoms with E-state index in [9.17, 15) is 4.79 Å². The van der Waals surface area contributed by atoms with Crippen molar-refractivity contribution >= 4 is 5.82 Å². The highest BCUT2D eigenvalue weighted by Gasteiger charge is 2.06. The van der Waals surface area contributed by atoms with E-state index in [-0.39, 0.29) is 12.1 Å². The van der Waals surface area contributed by atoms with Crippen molar-refractivity contribution in [3.8, 4) is 5.88 Å². The van der Waals surface area contributed by atoms with Crippen molar-refractivity contribution in [1.82, 2.24) is 19.7 Å². The fourth-order valence-corrected chi connectivity index (χ4v) is 1.76. The molecule has 0 saturated heterocycles. The van der Waals surface area contributed by atoms with Gasteiger partial charge in [-0.25, -0.2) is 14.6 Å². The Morgan fingerprint density at radius 1 is 1.35 bits per heavy atom. The molecule has 0 fully saturated rings. The van der Waals surface area contributed by atoms with Crippen LogP contribution in [0.3, 0.4) is 0 Å². The zero-order chi connectivity index (χ0) is 14.5. The average Bonchev–Trinajstić information content (AvgIpc) is 2.41. The Labute approximate surface area is 116 Å². The first-order chi connectivity index (χ1) is 9.62. The Hall–Kier alpha value is -2.44. The summed E-state index contributed by atoms with van der Waals surface area (Å²) in [5, 5.41) is 7.20. The molecular formula is C13H17N5O2. The predicted octanol–water partition coefficient (Wildman–Crippen LogP) is 0.830. The van der Waals surface area contributed by atoms with Crippen LogP contribution in [-0.2, 0) is 6.54 Å². The van der Waals surface area contributed by atoms with Crippen molar-refractivity contribution in [2.75, 3.05) is 19.0 Å². The van der Waals surface area contributed by atoms with Crippen molar-refractivity contribution < 1.29 is 4.74 Å². The molecule has 0 spiro atoms. The highest BCUT2D eigenvalue weighted by Crippen LogP contribution is 2.07. The molecule has 0 bridgehead atoms. The molecule has 2 aromatic heterocycles. The van der Waals surface area contributed by atoms with Gasteiger partial charge in [-0.2, -0.15) is 0 Å². The molecule has 7 nitrogen and oxygen atoms in total. The van der Waals surface area contributed by atoms with Crippen LogP contribution in [-0.4, -0.2) is 33.4 Å². The first kappa shape index (κ1) is 14.0. The van der Waals surface area contributed by atoms with E-state index in [1.54, 1.807) is 0 Å². The van der Waals surface area contributed by atoms with Crippen molar-refractivity contribution in [2.24, 2.45) is 0 Å². The number of methoxy groups -OCH3 is 1. The minimum absolute atomic E-state index is 0.204. The van der Waals surface area contributed by atoms with E-state index < -0.39 is 0 Å². The zero-order valence-electron chi connectivity index (χ0n) is 11.8. The predicted molar refractivity (Wildman–Crippen MR) is 75.1 cm³/mol. The molecule has 1 N–H and O–H groups in total. The Bertz CT molecular complexity index is 653. The van der Waals surface area contributed by atoms with Crippen LogP contribution < -0.4 is 15.6 Å². The third-order valence-corrected chi connectivity index (χ3v) is 2.60. The van der Waals surface area contributed by atoms with Crippen LogP contribution >= 0.6 is 0 Å². The molecule has 7 heteroatoms. The summed E-state index contributed by atoms with van der Waals surface area (Å²) in [6.45, 7) is 4.85. The number of rotatable bonds is 5. The van der Waals surface area contributed by atoms with E-state index >= 15 is 0 Å². The summed E-state index contributed by atoms with van der Waals surface area (Å²) >= 11 is 0. The molecule has 0 aliphatic rings. The van der Waals surface area contributed by atoms with Crippen LogP contribution in [0.1, 0.15) is 18.4 Å². The highest BCUT2D eigenvalue weighted by atomic mass is 16.5. The van der Waals surface area contributed by atoms with E-state index in [1.165, 1.54) is 23.9 Å². The van der Waals surface area contributed by atoms with Gasteiger partial charge in [0.05, 0.1) is 7.11 Å². The number of nitrogens with zero attached hydrogens (tertiary/aromatic N) is 4. The molecule has 0 saturated carbocycles. The smallest absolute Gasteiger partial charge is 0.267 e. The summed E-state index contributed by atoms with van der Waals surface area (Å²) < 4.78 is 6.29. The Morgan fingerprint density at radius 3 is 2.85 bits per heavy atom. The van der Waals surface area contributed by atoms with Gasteiger partial charge in [-0.15, -0.1) is 5.10 Å². The van der Waals surface area contributed by atoms with E-state index in [2.05, 4.69) is 20.4 Å². The number of hydrogen-bond donors (Lipinski definition) is 1. The van der Waals surface area contributed by atoms with Gasteiger partial charge >= 0.3 is 0 Å². The molecule has 2 aromatic rings. The topological polar surface area (TPSA) is 81.9 Å². The molecule has 0 atom stereocenters. The van der Waals surface area contributed by atoms with Crippen molar-refractivity contribution in [2.45, 2.75) is 20.4 Å². The summed E-state index contributed by atoms with van der Waals surface area (Å²) in [5.74, 6) is 1.65. The number of anilines is 1. The van der Waals surface area contributed by atoms with Crippen LogP contribution in [0, 0.1) is 6.92 Å². The second-order valence-electron chi connectivity index (χ2n) is 4.21. The fraction of sp³-hybridized carbons (Fsp3) is 0.385. The minimum Gasteiger partial charge on any atom is -0.480 e. The lowest BCUT2D eigenvalue weighted by atomic mass is 10.4. The molecule has 0 unspecified atom stereocenters. The molecule has 2 rings (SSSR count). The number of aryl methyl sites for hydroxylation is 1. The maximum absolute atomic E-state index is 11.8. The second kappa shape index (κ2) is 6.14. The molecular weight excluding hydrogens is 258 g/mol. The van der Waals surface area contributed by atoms with Crippen LogP contribution in [0.2, 0.25) is 0 Å².